The van der Waals surface area contributed by atoms with Gasteiger partial charge in [0, 0.05) is 10.6 Å². The molecule has 0 atom stereocenters. The number of anilines is 1. The first-order chi connectivity index (χ1) is 18.8. The summed E-state index contributed by atoms with van der Waals surface area (Å²) in [5.41, 5.74) is 3.62. The standard InChI is InChI=1S/C26H19Cl2N5O5S/c1-2-37-21-12-15(8-11-20(21)38-25(36)18-10-9-17(27)13-19(18)28)14-29-31-23(35)22(34)30-26-33-32-24(39-26)16-6-4-3-5-7-16/h3-14H,2H2,1H3,(H,31,35)(H,30,33,34)/b29-14-. The van der Waals surface area contributed by atoms with Gasteiger partial charge in [0.2, 0.25) is 5.13 Å². The molecule has 4 rings (SSSR count). The van der Waals surface area contributed by atoms with Crippen molar-refractivity contribution in [2.24, 2.45) is 5.10 Å². The van der Waals surface area contributed by atoms with Gasteiger partial charge in [-0.3, -0.25) is 14.9 Å². The molecule has 198 valence electrons. The number of nitrogens with one attached hydrogen (secondary N) is 2. The van der Waals surface area contributed by atoms with E-state index in [9.17, 15) is 14.4 Å². The Kier molecular flexibility index (Phi) is 9.21. The van der Waals surface area contributed by atoms with E-state index < -0.39 is 17.8 Å². The van der Waals surface area contributed by atoms with Crippen LogP contribution in [0.15, 0.2) is 71.8 Å². The molecule has 0 spiro atoms. The fraction of sp³-hybridized carbons (Fsp3) is 0.0769. The third-order valence-corrected chi connectivity index (χ3v) is 6.31. The van der Waals surface area contributed by atoms with Crippen molar-refractivity contribution in [3.05, 3.63) is 87.9 Å². The summed E-state index contributed by atoms with van der Waals surface area (Å²) in [6.07, 6.45) is 1.30. The number of rotatable bonds is 8. The van der Waals surface area contributed by atoms with Crippen molar-refractivity contribution in [3.8, 4) is 22.1 Å². The van der Waals surface area contributed by atoms with Gasteiger partial charge in [0.15, 0.2) is 11.5 Å². The Morgan fingerprint density at radius 2 is 1.77 bits per heavy atom. The van der Waals surface area contributed by atoms with Crippen LogP contribution in [-0.4, -0.2) is 40.8 Å². The van der Waals surface area contributed by atoms with E-state index in [4.69, 9.17) is 32.7 Å². The maximum atomic E-state index is 12.6. The van der Waals surface area contributed by atoms with Crippen LogP contribution in [0.3, 0.4) is 0 Å². The molecule has 0 fully saturated rings. The Balaban J connectivity index is 1.36. The second-order valence-electron chi connectivity index (χ2n) is 7.58. The molecule has 0 saturated heterocycles. The molecule has 39 heavy (non-hydrogen) atoms. The number of esters is 1. The van der Waals surface area contributed by atoms with E-state index in [1.165, 1.54) is 30.5 Å². The lowest BCUT2D eigenvalue weighted by Crippen LogP contribution is -2.32. The van der Waals surface area contributed by atoms with Crippen molar-refractivity contribution in [3.63, 3.8) is 0 Å². The van der Waals surface area contributed by atoms with E-state index in [1.54, 1.807) is 19.1 Å². The summed E-state index contributed by atoms with van der Waals surface area (Å²) in [4.78, 5) is 36.9. The first-order valence-corrected chi connectivity index (χ1v) is 12.9. The van der Waals surface area contributed by atoms with Crippen molar-refractivity contribution in [1.29, 1.82) is 0 Å². The highest BCUT2D eigenvalue weighted by molar-refractivity contribution is 7.18. The summed E-state index contributed by atoms with van der Waals surface area (Å²) in [6, 6.07) is 18.4. The van der Waals surface area contributed by atoms with Gasteiger partial charge in [-0.25, -0.2) is 10.2 Å². The maximum absolute atomic E-state index is 12.6. The highest BCUT2D eigenvalue weighted by Crippen LogP contribution is 2.30. The topological polar surface area (TPSA) is 132 Å². The van der Waals surface area contributed by atoms with Crippen LogP contribution in [-0.2, 0) is 9.59 Å². The fourth-order valence-corrected chi connectivity index (χ4v) is 4.34. The van der Waals surface area contributed by atoms with Crippen LogP contribution in [0.5, 0.6) is 11.5 Å². The van der Waals surface area contributed by atoms with Gasteiger partial charge in [-0.15, -0.1) is 10.2 Å². The van der Waals surface area contributed by atoms with E-state index in [-0.39, 0.29) is 27.2 Å². The molecular formula is C26H19Cl2N5O5S. The first kappa shape index (κ1) is 27.7. The summed E-state index contributed by atoms with van der Waals surface area (Å²) in [5, 5.41) is 15.4. The van der Waals surface area contributed by atoms with E-state index >= 15 is 0 Å². The number of hydrazone groups is 1. The van der Waals surface area contributed by atoms with Gasteiger partial charge in [0.05, 0.1) is 23.4 Å². The first-order valence-electron chi connectivity index (χ1n) is 11.3. The van der Waals surface area contributed by atoms with Crippen LogP contribution < -0.4 is 20.2 Å². The van der Waals surface area contributed by atoms with Crippen LogP contribution in [0.4, 0.5) is 5.13 Å². The van der Waals surface area contributed by atoms with Crippen LogP contribution in [0.1, 0.15) is 22.8 Å². The van der Waals surface area contributed by atoms with E-state index in [0.29, 0.717) is 22.2 Å². The third-order valence-electron chi connectivity index (χ3n) is 4.87. The molecule has 13 heteroatoms. The molecule has 1 aromatic heterocycles. The van der Waals surface area contributed by atoms with Gasteiger partial charge in [-0.05, 0) is 48.9 Å². The van der Waals surface area contributed by atoms with Gasteiger partial charge in [0.1, 0.15) is 5.01 Å². The number of halogens is 2. The van der Waals surface area contributed by atoms with Gasteiger partial charge >= 0.3 is 17.8 Å². The van der Waals surface area contributed by atoms with E-state index in [1.807, 2.05) is 30.3 Å². The summed E-state index contributed by atoms with van der Waals surface area (Å²) >= 11 is 13.1. The summed E-state index contributed by atoms with van der Waals surface area (Å²) < 4.78 is 11.0. The number of carbonyl (C=O) groups is 3. The smallest absolute Gasteiger partial charge is 0.345 e. The Labute approximate surface area is 236 Å². The number of nitrogens with zero attached hydrogens (tertiary/aromatic N) is 3. The summed E-state index contributed by atoms with van der Waals surface area (Å²) in [6.45, 7) is 2.06. The number of amides is 2. The number of benzene rings is 3. The Bertz CT molecular complexity index is 1540. The molecule has 0 radical (unpaired) electrons. The maximum Gasteiger partial charge on any atom is 0.345 e. The van der Waals surface area contributed by atoms with Crippen molar-refractivity contribution in [1.82, 2.24) is 15.6 Å². The molecule has 0 aliphatic heterocycles. The van der Waals surface area contributed by atoms with Gasteiger partial charge < -0.3 is 9.47 Å². The average Bonchev–Trinajstić information content (AvgIpc) is 3.39. The van der Waals surface area contributed by atoms with Crippen LogP contribution >= 0.6 is 34.5 Å². The molecule has 2 amide bonds. The zero-order chi connectivity index (χ0) is 27.8. The number of aromatic nitrogens is 2. The predicted molar refractivity (Wildman–Crippen MR) is 149 cm³/mol. The zero-order valence-electron chi connectivity index (χ0n) is 20.2. The zero-order valence-corrected chi connectivity index (χ0v) is 22.5. The van der Waals surface area contributed by atoms with Gasteiger partial charge in [0.25, 0.3) is 0 Å². The monoisotopic (exact) mass is 583 g/mol. The predicted octanol–water partition coefficient (Wildman–Crippen LogP) is 5.22. The van der Waals surface area contributed by atoms with Crippen LogP contribution in [0.2, 0.25) is 10.0 Å². The highest BCUT2D eigenvalue weighted by atomic mass is 35.5. The van der Waals surface area contributed by atoms with Crippen molar-refractivity contribution in [2.75, 3.05) is 11.9 Å². The number of carbonyl (C=O) groups excluding carboxylic acids is 3. The quantitative estimate of drug-likeness (QED) is 0.0955. The summed E-state index contributed by atoms with van der Waals surface area (Å²) in [5.74, 6) is -2.24. The average molecular weight is 584 g/mol. The van der Waals surface area contributed by atoms with Crippen molar-refractivity contribution >= 4 is 63.7 Å². The Morgan fingerprint density at radius 1 is 0.974 bits per heavy atom. The van der Waals surface area contributed by atoms with Crippen LogP contribution in [0, 0.1) is 0 Å². The lowest BCUT2D eigenvalue weighted by molar-refractivity contribution is -0.136. The third kappa shape index (κ3) is 7.38. The molecule has 0 aliphatic carbocycles. The number of hydrogen-bond donors (Lipinski definition) is 2. The second-order valence-corrected chi connectivity index (χ2v) is 9.41. The molecule has 0 bridgehead atoms. The van der Waals surface area contributed by atoms with Crippen molar-refractivity contribution in [2.45, 2.75) is 6.92 Å². The molecule has 0 aliphatic rings. The fourth-order valence-electron chi connectivity index (χ4n) is 3.11. The Morgan fingerprint density at radius 3 is 2.51 bits per heavy atom. The minimum absolute atomic E-state index is 0.139. The molecule has 2 N–H and O–H groups in total. The Hall–Kier alpha value is -4.32. The lowest BCUT2D eigenvalue weighted by Gasteiger charge is -2.12. The van der Waals surface area contributed by atoms with Gasteiger partial charge in [-0.1, -0.05) is 64.9 Å². The largest absolute Gasteiger partial charge is 0.490 e. The SMILES string of the molecule is CCOc1cc(/C=N\NC(=O)C(=O)Nc2nnc(-c3ccccc3)s2)ccc1OC(=O)c1ccc(Cl)cc1Cl. The molecule has 10 nitrogen and oxygen atoms in total. The van der Waals surface area contributed by atoms with Crippen LogP contribution in [0.25, 0.3) is 10.6 Å². The number of ether oxygens (including phenoxy) is 2. The molecule has 4 aromatic rings. The summed E-state index contributed by atoms with van der Waals surface area (Å²) in [7, 11) is 0. The second kappa shape index (κ2) is 13.0. The highest BCUT2D eigenvalue weighted by Gasteiger charge is 2.18. The minimum Gasteiger partial charge on any atom is -0.490 e. The molecular weight excluding hydrogens is 565 g/mol. The lowest BCUT2D eigenvalue weighted by atomic mass is 10.2. The molecule has 3 aromatic carbocycles. The minimum atomic E-state index is -1.00. The van der Waals surface area contributed by atoms with Crippen molar-refractivity contribution < 1.29 is 23.9 Å². The normalized spacial score (nSPS) is 10.7. The molecule has 0 unspecified atom stereocenters. The van der Waals surface area contributed by atoms with E-state index in [2.05, 4.69) is 26.0 Å². The van der Waals surface area contributed by atoms with E-state index in [0.717, 1.165) is 16.9 Å². The van der Waals surface area contributed by atoms with Gasteiger partial charge in [-0.2, -0.15) is 5.10 Å². The number of hydrogen-bond acceptors (Lipinski definition) is 9. The molecule has 0 saturated carbocycles. The molecule has 1 heterocycles.